The van der Waals surface area contributed by atoms with Crippen LogP contribution in [0.5, 0.6) is 0 Å². The van der Waals surface area contributed by atoms with E-state index in [4.69, 9.17) is 10.1 Å². The lowest BCUT2D eigenvalue weighted by atomic mass is 10.1. The fourth-order valence-electron chi connectivity index (χ4n) is 0.664. The van der Waals surface area contributed by atoms with Crippen LogP contribution in [0.3, 0.4) is 0 Å². The fourth-order valence-corrected chi connectivity index (χ4v) is 0.664. The first kappa shape index (κ1) is 9.84. The monoisotopic (exact) mass is 150 g/mol. The second-order valence-electron chi connectivity index (χ2n) is 1.96. The van der Waals surface area contributed by atoms with Crippen LogP contribution in [-0.2, 0) is 14.7 Å². The first-order valence-electron chi connectivity index (χ1n) is 3.29. The van der Waals surface area contributed by atoms with Crippen LogP contribution in [0, 0.1) is 0 Å². The van der Waals surface area contributed by atoms with Gasteiger partial charge in [0.15, 0.2) is 0 Å². The zero-order chi connectivity index (χ0) is 8.04. The first-order valence-corrected chi connectivity index (χ1v) is 3.29. The lowest BCUT2D eigenvalue weighted by Gasteiger charge is -2.24. The van der Waals surface area contributed by atoms with Gasteiger partial charge in [-0.05, 0) is 0 Å². The van der Waals surface area contributed by atoms with Gasteiger partial charge in [-0.25, -0.2) is 15.0 Å². The van der Waals surface area contributed by atoms with E-state index >= 15 is 0 Å². The van der Waals surface area contributed by atoms with E-state index in [-0.39, 0.29) is 0 Å². The predicted molar refractivity (Wildman–Crippen MR) is 35.1 cm³/mol. The van der Waals surface area contributed by atoms with Crippen LogP contribution in [0.25, 0.3) is 0 Å². The molecule has 0 radical (unpaired) electrons. The highest BCUT2D eigenvalue weighted by Crippen LogP contribution is 2.20. The first-order chi connectivity index (χ1) is 4.74. The van der Waals surface area contributed by atoms with E-state index in [2.05, 4.69) is 9.78 Å². The predicted octanol–water partition coefficient (Wildman–Crippen LogP) is 1.57. The molecule has 0 rings (SSSR count). The van der Waals surface area contributed by atoms with Gasteiger partial charge in [-0.2, -0.15) is 4.89 Å². The summed E-state index contributed by atoms with van der Waals surface area (Å²) in [6.45, 7) is 3.66. The second-order valence-corrected chi connectivity index (χ2v) is 1.96. The highest BCUT2D eigenvalue weighted by atomic mass is 17.3. The van der Waals surface area contributed by atoms with Gasteiger partial charge in [0, 0.05) is 12.8 Å². The maximum Gasteiger partial charge on any atom is 0.233 e. The number of hydrogen-bond acceptors (Lipinski definition) is 4. The Hall–Kier alpha value is -0.160. The van der Waals surface area contributed by atoms with E-state index in [1.165, 1.54) is 7.11 Å². The van der Waals surface area contributed by atoms with Gasteiger partial charge < -0.3 is 0 Å². The minimum Gasteiger partial charge on any atom is -0.249 e. The van der Waals surface area contributed by atoms with E-state index < -0.39 is 5.79 Å². The largest absolute Gasteiger partial charge is 0.249 e. The van der Waals surface area contributed by atoms with Crippen molar-refractivity contribution < 1.29 is 19.9 Å². The molecule has 0 spiro atoms. The van der Waals surface area contributed by atoms with Crippen molar-refractivity contribution in [1.82, 2.24) is 0 Å². The summed E-state index contributed by atoms with van der Waals surface area (Å²) in [4.78, 5) is 13.2. The molecule has 1 N–H and O–H groups in total. The SMILES string of the molecule is CCC(CC)(OO)OOC. The Kier molecular flexibility index (Phi) is 4.55. The van der Waals surface area contributed by atoms with E-state index in [0.717, 1.165) is 0 Å². The molecule has 0 aromatic heterocycles. The molecule has 4 heteroatoms. The normalized spacial score (nSPS) is 12.0. The van der Waals surface area contributed by atoms with Gasteiger partial charge in [0.25, 0.3) is 0 Å². The van der Waals surface area contributed by atoms with Crippen molar-refractivity contribution in [3.8, 4) is 0 Å². The average molecular weight is 150 g/mol. The Labute approximate surface area is 60.6 Å². The van der Waals surface area contributed by atoms with Crippen molar-refractivity contribution in [3.63, 3.8) is 0 Å². The lowest BCUT2D eigenvalue weighted by Crippen LogP contribution is -2.33. The van der Waals surface area contributed by atoms with E-state index in [9.17, 15) is 0 Å². The van der Waals surface area contributed by atoms with Crippen molar-refractivity contribution in [1.29, 1.82) is 0 Å². The molecule has 0 amide bonds. The number of rotatable bonds is 5. The third kappa shape index (κ3) is 2.22. The standard InChI is InChI=1S/C6H14O4/c1-4-6(5-2,9-7)10-8-3/h7H,4-5H2,1-3H3. The number of hydrogen-bond donors (Lipinski definition) is 1. The maximum atomic E-state index is 8.40. The van der Waals surface area contributed by atoms with Crippen LogP contribution in [0.15, 0.2) is 0 Å². The van der Waals surface area contributed by atoms with Crippen LogP contribution in [-0.4, -0.2) is 18.2 Å². The van der Waals surface area contributed by atoms with Gasteiger partial charge in [-0.15, -0.1) is 0 Å². The van der Waals surface area contributed by atoms with Crippen LogP contribution < -0.4 is 0 Å². The molecule has 4 nitrogen and oxygen atoms in total. The third-order valence-electron chi connectivity index (χ3n) is 1.48. The van der Waals surface area contributed by atoms with Gasteiger partial charge >= 0.3 is 0 Å². The Morgan fingerprint density at radius 1 is 1.30 bits per heavy atom. The lowest BCUT2D eigenvalue weighted by molar-refractivity contribution is -0.494. The van der Waals surface area contributed by atoms with Crippen LogP contribution in [0.2, 0.25) is 0 Å². The van der Waals surface area contributed by atoms with E-state index in [0.29, 0.717) is 12.8 Å². The quantitative estimate of drug-likeness (QED) is 0.367. The molecular formula is C6H14O4. The van der Waals surface area contributed by atoms with Gasteiger partial charge in [-0.1, -0.05) is 13.8 Å². The minimum absolute atomic E-state index is 0.536. The zero-order valence-electron chi connectivity index (χ0n) is 6.59. The van der Waals surface area contributed by atoms with Gasteiger partial charge in [0.1, 0.15) is 0 Å². The Bertz CT molecular complexity index is 71.6. The van der Waals surface area contributed by atoms with Crippen LogP contribution in [0.1, 0.15) is 26.7 Å². The molecule has 0 aromatic rings. The summed E-state index contributed by atoms with van der Waals surface area (Å²) >= 11 is 0. The molecule has 0 unspecified atom stereocenters. The molecule has 0 saturated heterocycles. The summed E-state index contributed by atoms with van der Waals surface area (Å²) < 4.78 is 0. The Balaban J connectivity index is 3.87. The fraction of sp³-hybridized carbons (Fsp3) is 1.00. The molecule has 0 aliphatic heterocycles. The summed E-state index contributed by atoms with van der Waals surface area (Å²) in [6.07, 6.45) is 1.07. The maximum absolute atomic E-state index is 8.40. The van der Waals surface area contributed by atoms with Gasteiger partial charge in [-0.3, -0.25) is 0 Å². The summed E-state index contributed by atoms with van der Waals surface area (Å²) in [5.74, 6) is -0.991. The topological polar surface area (TPSA) is 47.9 Å². The molecular weight excluding hydrogens is 136 g/mol. The summed E-state index contributed by atoms with van der Waals surface area (Å²) in [5.41, 5.74) is 0. The average Bonchev–Trinajstić information content (AvgIpc) is 2.01. The smallest absolute Gasteiger partial charge is 0.233 e. The molecule has 0 fully saturated rings. The van der Waals surface area contributed by atoms with Crippen molar-refractivity contribution in [2.75, 3.05) is 7.11 Å². The Morgan fingerprint density at radius 3 is 1.90 bits per heavy atom. The summed E-state index contributed by atoms with van der Waals surface area (Å²) in [7, 11) is 1.37. The van der Waals surface area contributed by atoms with Crippen molar-refractivity contribution in [3.05, 3.63) is 0 Å². The molecule has 0 aromatic carbocycles. The van der Waals surface area contributed by atoms with E-state index in [1.54, 1.807) is 0 Å². The van der Waals surface area contributed by atoms with Gasteiger partial charge in [0.05, 0.1) is 7.11 Å². The summed E-state index contributed by atoms with van der Waals surface area (Å²) in [6, 6.07) is 0. The highest BCUT2D eigenvalue weighted by molar-refractivity contribution is 4.60. The molecule has 0 saturated carbocycles. The van der Waals surface area contributed by atoms with Crippen molar-refractivity contribution in [2.45, 2.75) is 32.5 Å². The second kappa shape index (κ2) is 4.62. The molecule has 10 heavy (non-hydrogen) atoms. The zero-order valence-corrected chi connectivity index (χ0v) is 6.59. The van der Waals surface area contributed by atoms with Gasteiger partial charge in [0.2, 0.25) is 5.79 Å². The molecule has 0 aliphatic carbocycles. The molecule has 62 valence electrons. The summed E-state index contributed by atoms with van der Waals surface area (Å²) in [5, 5.41) is 8.40. The molecule has 0 bridgehead atoms. The third-order valence-corrected chi connectivity index (χ3v) is 1.48. The molecule has 0 heterocycles. The van der Waals surface area contributed by atoms with E-state index in [1.807, 2.05) is 13.8 Å². The highest BCUT2D eigenvalue weighted by Gasteiger charge is 2.29. The molecule has 0 atom stereocenters. The van der Waals surface area contributed by atoms with Crippen molar-refractivity contribution >= 4 is 0 Å². The molecule has 0 aliphatic rings. The minimum atomic E-state index is -0.991. The van der Waals surface area contributed by atoms with Crippen LogP contribution >= 0.6 is 0 Å². The Morgan fingerprint density at radius 2 is 1.80 bits per heavy atom. The van der Waals surface area contributed by atoms with Crippen LogP contribution in [0.4, 0.5) is 0 Å². The van der Waals surface area contributed by atoms with Crippen molar-refractivity contribution in [2.24, 2.45) is 0 Å².